The Morgan fingerprint density at radius 3 is 2.48 bits per heavy atom. The summed E-state index contributed by atoms with van der Waals surface area (Å²) in [6.45, 7) is 1.64. The molecule has 3 rings (SSSR count). The van der Waals surface area contributed by atoms with Gasteiger partial charge in [-0.2, -0.15) is 0 Å². The number of carboxylic acid groups (broad SMARTS) is 1. The summed E-state index contributed by atoms with van der Waals surface area (Å²) in [5.41, 5.74) is 0.607. The van der Waals surface area contributed by atoms with Gasteiger partial charge >= 0.3 is 7.12 Å². The Kier molecular flexibility index (Phi) is 7.77. The predicted molar refractivity (Wildman–Crippen MR) is 97.8 cm³/mol. The van der Waals surface area contributed by atoms with Gasteiger partial charge in [0, 0.05) is 31.7 Å². The van der Waals surface area contributed by atoms with E-state index in [2.05, 4.69) is 5.32 Å². The number of amides is 2. The summed E-state index contributed by atoms with van der Waals surface area (Å²) in [5.74, 6) is -0.814. The number of carbonyl (C=O) groups excluding carboxylic acids is 2. The number of nitrogens with zero attached hydrogens (tertiary/aromatic N) is 2. The second-order valence-corrected chi connectivity index (χ2v) is 6.38. The average molecular weight is 377 g/mol. The third-order valence-corrected chi connectivity index (χ3v) is 4.71. The van der Waals surface area contributed by atoms with Crippen molar-refractivity contribution in [2.24, 2.45) is 0 Å². The zero-order valence-electron chi connectivity index (χ0n) is 14.9. The van der Waals surface area contributed by atoms with Crippen molar-refractivity contribution >= 4 is 25.4 Å². The Balaban J connectivity index is 0.000000817. The lowest BCUT2D eigenvalue weighted by atomic mass is 9.77. The summed E-state index contributed by atoms with van der Waals surface area (Å²) in [6, 6.07) is 8.50. The molecule has 0 unspecified atom stereocenters. The number of likely N-dealkylation sites (tertiary alicyclic amines) is 1. The maximum Gasteiger partial charge on any atom is 0.475 e. The normalized spacial score (nSPS) is 21.9. The largest absolute Gasteiger partial charge is 0.483 e. The van der Waals surface area contributed by atoms with Crippen LogP contribution in [0.1, 0.15) is 23.2 Å². The highest BCUT2D eigenvalue weighted by Gasteiger charge is 2.40. The third kappa shape index (κ3) is 5.28. The lowest BCUT2D eigenvalue weighted by Gasteiger charge is -2.36. The molecule has 9 nitrogen and oxygen atoms in total. The lowest BCUT2D eigenvalue weighted by molar-refractivity contribution is -0.134. The van der Waals surface area contributed by atoms with Crippen LogP contribution in [0.5, 0.6) is 0 Å². The van der Waals surface area contributed by atoms with E-state index in [0.29, 0.717) is 31.6 Å². The third-order valence-electron chi connectivity index (χ3n) is 4.71. The molecule has 2 aliphatic rings. The number of rotatable bonds is 3. The topological polar surface area (TPSA) is 130 Å². The van der Waals surface area contributed by atoms with Gasteiger partial charge in [-0.05, 0) is 25.0 Å². The van der Waals surface area contributed by atoms with Crippen LogP contribution in [-0.2, 0) is 9.59 Å². The quantitative estimate of drug-likeness (QED) is 0.385. The molecule has 2 fully saturated rings. The number of hydrogen-bond donors (Lipinski definition) is 4. The van der Waals surface area contributed by atoms with Crippen molar-refractivity contribution in [3.63, 3.8) is 0 Å². The Labute approximate surface area is 157 Å². The van der Waals surface area contributed by atoms with E-state index < -0.39 is 19.1 Å². The van der Waals surface area contributed by atoms with E-state index >= 15 is 0 Å². The summed E-state index contributed by atoms with van der Waals surface area (Å²) in [7, 11) is -1.53. The molecule has 27 heavy (non-hydrogen) atoms. The summed E-state index contributed by atoms with van der Waals surface area (Å²) in [6.07, 6.45) is 1.34. The highest BCUT2D eigenvalue weighted by atomic mass is 16.4. The minimum Gasteiger partial charge on any atom is -0.483 e. The molecular weight excluding hydrogens is 353 g/mol. The van der Waals surface area contributed by atoms with E-state index in [1.54, 1.807) is 17.0 Å². The van der Waals surface area contributed by atoms with Crippen LogP contribution in [0, 0.1) is 0 Å². The maximum absolute atomic E-state index is 12.7. The molecule has 4 N–H and O–H groups in total. The van der Waals surface area contributed by atoms with Crippen molar-refractivity contribution in [3.8, 4) is 0 Å². The summed E-state index contributed by atoms with van der Waals surface area (Å²) >= 11 is 0. The molecule has 1 aromatic rings. The molecule has 10 heteroatoms. The summed E-state index contributed by atoms with van der Waals surface area (Å²) in [4.78, 5) is 36.8. The first kappa shape index (κ1) is 20.9. The van der Waals surface area contributed by atoms with Crippen molar-refractivity contribution in [2.45, 2.75) is 24.8 Å². The fourth-order valence-corrected chi connectivity index (χ4v) is 3.44. The molecule has 0 aromatic heterocycles. The number of hydrogen-bond acceptors (Lipinski definition) is 6. The smallest absolute Gasteiger partial charge is 0.475 e. The van der Waals surface area contributed by atoms with Gasteiger partial charge < -0.3 is 30.3 Å². The summed E-state index contributed by atoms with van der Waals surface area (Å²) < 4.78 is 0. The van der Waals surface area contributed by atoms with Gasteiger partial charge in [-0.3, -0.25) is 14.4 Å². The molecule has 2 heterocycles. The van der Waals surface area contributed by atoms with E-state index in [0.717, 1.165) is 6.42 Å². The SMILES string of the molecule is O=C(c1ccccc1)N1CCN[C@@H](C(=O)N2CCC[C@H]2B(O)O)C1.O=CO. The minimum absolute atomic E-state index is 0.0879. The van der Waals surface area contributed by atoms with Crippen LogP contribution in [0.25, 0.3) is 0 Å². The molecule has 2 amide bonds. The first-order valence-corrected chi connectivity index (χ1v) is 8.81. The number of nitrogens with one attached hydrogen (secondary N) is 1. The van der Waals surface area contributed by atoms with Gasteiger partial charge in [0.1, 0.15) is 6.04 Å². The fourth-order valence-electron chi connectivity index (χ4n) is 3.44. The first-order valence-electron chi connectivity index (χ1n) is 8.81. The fraction of sp³-hybridized carbons (Fsp3) is 0.471. The number of carbonyl (C=O) groups is 3. The van der Waals surface area contributed by atoms with Gasteiger partial charge in [0.2, 0.25) is 5.91 Å². The first-order chi connectivity index (χ1) is 13.0. The van der Waals surface area contributed by atoms with E-state index in [1.807, 2.05) is 18.2 Å². The summed E-state index contributed by atoms with van der Waals surface area (Å²) in [5, 5.41) is 28.9. The molecule has 2 saturated heterocycles. The van der Waals surface area contributed by atoms with E-state index in [9.17, 15) is 19.6 Å². The standard InChI is InChI=1S/C16H22BN3O4.CH2O2/c21-15(12-5-2-1-3-6-12)19-10-8-18-13(11-19)16(22)20-9-4-7-14(20)17(23)24;2-1-3/h1-3,5-6,13-14,18,23-24H,4,7-11H2;1H,(H,2,3)/t13-,14+;/m1./s1. The van der Waals surface area contributed by atoms with Crippen LogP contribution in [0.15, 0.2) is 30.3 Å². The molecule has 2 atom stereocenters. The van der Waals surface area contributed by atoms with Gasteiger partial charge in [0.05, 0.1) is 5.94 Å². The molecule has 0 aliphatic carbocycles. The lowest BCUT2D eigenvalue weighted by Crippen LogP contribution is -2.60. The van der Waals surface area contributed by atoms with Gasteiger partial charge in [-0.15, -0.1) is 0 Å². The Hall–Kier alpha value is -2.43. The number of piperazine rings is 1. The van der Waals surface area contributed by atoms with Crippen LogP contribution >= 0.6 is 0 Å². The monoisotopic (exact) mass is 377 g/mol. The zero-order chi connectivity index (χ0) is 19.8. The van der Waals surface area contributed by atoms with Crippen molar-refractivity contribution in [3.05, 3.63) is 35.9 Å². The molecule has 0 saturated carbocycles. The van der Waals surface area contributed by atoms with Crippen molar-refractivity contribution < 1.29 is 29.5 Å². The Bertz CT molecular complexity index is 645. The number of benzene rings is 1. The molecule has 1 aromatic carbocycles. The van der Waals surface area contributed by atoms with Crippen LogP contribution in [-0.4, -0.2) is 88.5 Å². The van der Waals surface area contributed by atoms with E-state index in [1.165, 1.54) is 4.90 Å². The van der Waals surface area contributed by atoms with Crippen LogP contribution in [0.3, 0.4) is 0 Å². The van der Waals surface area contributed by atoms with Crippen molar-refractivity contribution in [1.82, 2.24) is 15.1 Å². The van der Waals surface area contributed by atoms with Gasteiger partial charge in [-0.25, -0.2) is 0 Å². The van der Waals surface area contributed by atoms with Crippen LogP contribution in [0.4, 0.5) is 0 Å². The van der Waals surface area contributed by atoms with Gasteiger partial charge in [0.25, 0.3) is 12.4 Å². The van der Waals surface area contributed by atoms with Crippen LogP contribution < -0.4 is 5.32 Å². The predicted octanol–water partition coefficient (Wildman–Crippen LogP) is -1.20. The highest BCUT2D eigenvalue weighted by molar-refractivity contribution is 6.43. The maximum atomic E-state index is 12.7. The van der Waals surface area contributed by atoms with E-state index in [4.69, 9.17) is 9.90 Å². The minimum atomic E-state index is -1.53. The molecular formula is C17H24BN3O6. The van der Waals surface area contributed by atoms with Crippen molar-refractivity contribution in [2.75, 3.05) is 26.2 Å². The van der Waals surface area contributed by atoms with E-state index in [-0.39, 0.29) is 24.8 Å². The molecule has 2 aliphatic heterocycles. The Morgan fingerprint density at radius 1 is 1.19 bits per heavy atom. The average Bonchev–Trinajstić information content (AvgIpc) is 3.18. The van der Waals surface area contributed by atoms with Gasteiger partial charge in [-0.1, -0.05) is 18.2 Å². The molecule has 0 radical (unpaired) electrons. The second kappa shape index (κ2) is 10.1. The van der Waals surface area contributed by atoms with Gasteiger partial charge in [0.15, 0.2) is 0 Å². The molecule has 146 valence electrons. The molecule has 0 bridgehead atoms. The second-order valence-electron chi connectivity index (χ2n) is 6.38. The Morgan fingerprint density at radius 2 is 1.85 bits per heavy atom. The van der Waals surface area contributed by atoms with Crippen molar-refractivity contribution in [1.29, 1.82) is 0 Å². The highest BCUT2D eigenvalue weighted by Crippen LogP contribution is 2.20. The zero-order valence-corrected chi connectivity index (χ0v) is 14.9. The molecule has 0 spiro atoms. The van der Waals surface area contributed by atoms with Crippen LogP contribution in [0.2, 0.25) is 0 Å².